The molecule has 78 valence electrons. The topological polar surface area (TPSA) is 26.0 Å². The number of aromatic nitrogens is 1. The standard InChI is InChI=1S/C12H13NOS/c1-2-10-5-3-7-13-12(10)15-9-11-6-4-8-14-11/h3-8H,2,9H2,1H3. The van der Waals surface area contributed by atoms with Gasteiger partial charge in [-0.3, -0.25) is 0 Å². The molecule has 2 rings (SSSR count). The van der Waals surface area contributed by atoms with E-state index in [0.717, 1.165) is 23.0 Å². The van der Waals surface area contributed by atoms with Gasteiger partial charge in [0.1, 0.15) is 5.76 Å². The first-order chi connectivity index (χ1) is 7.40. The average molecular weight is 219 g/mol. The van der Waals surface area contributed by atoms with Crippen LogP contribution in [0.4, 0.5) is 0 Å². The van der Waals surface area contributed by atoms with Crippen molar-refractivity contribution >= 4 is 11.8 Å². The molecular weight excluding hydrogens is 206 g/mol. The Labute approximate surface area is 93.7 Å². The van der Waals surface area contributed by atoms with Crippen molar-refractivity contribution < 1.29 is 4.42 Å². The molecule has 0 aromatic carbocycles. The van der Waals surface area contributed by atoms with Gasteiger partial charge < -0.3 is 4.42 Å². The van der Waals surface area contributed by atoms with Gasteiger partial charge in [0, 0.05) is 6.20 Å². The van der Waals surface area contributed by atoms with Crippen LogP contribution in [0, 0.1) is 0 Å². The maximum atomic E-state index is 5.28. The van der Waals surface area contributed by atoms with Gasteiger partial charge in [0.25, 0.3) is 0 Å². The van der Waals surface area contributed by atoms with Gasteiger partial charge >= 0.3 is 0 Å². The smallest absolute Gasteiger partial charge is 0.114 e. The van der Waals surface area contributed by atoms with Gasteiger partial charge in [0.05, 0.1) is 17.0 Å². The molecule has 3 heteroatoms. The van der Waals surface area contributed by atoms with Crippen molar-refractivity contribution in [3.8, 4) is 0 Å². The van der Waals surface area contributed by atoms with Crippen molar-refractivity contribution in [2.45, 2.75) is 24.1 Å². The maximum Gasteiger partial charge on any atom is 0.114 e. The molecule has 2 nitrogen and oxygen atoms in total. The zero-order valence-electron chi connectivity index (χ0n) is 8.64. The number of aryl methyl sites for hydroxylation is 1. The monoisotopic (exact) mass is 219 g/mol. The lowest BCUT2D eigenvalue weighted by Crippen LogP contribution is -1.88. The minimum atomic E-state index is 0.844. The quantitative estimate of drug-likeness (QED) is 0.736. The highest BCUT2D eigenvalue weighted by Gasteiger charge is 2.03. The van der Waals surface area contributed by atoms with E-state index in [9.17, 15) is 0 Å². The SMILES string of the molecule is CCc1cccnc1SCc1ccco1. The minimum absolute atomic E-state index is 0.844. The Balaban J connectivity index is 2.04. The van der Waals surface area contributed by atoms with Crippen LogP contribution in [-0.2, 0) is 12.2 Å². The van der Waals surface area contributed by atoms with Crippen molar-refractivity contribution in [3.63, 3.8) is 0 Å². The summed E-state index contributed by atoms with van der Waals surface area (Å²) in [6.45, 7) is 2.15. The van der Waals surface area contributed by atoms with Gasteiger partial charge in [0.2, 0.25) is 0 Å². The van der Waals surface area contributed by atoms with Crippen LogP contribution in [0.15, 0.2) is 46.2 Å². The fourth-order valence-electron chi connectivity index (χ4n) is 1.36. The van der Waals surface area contributed by atoms with Gasteiger partial charge in [-0.15, -0.1) is 0 Å². The molecule has 0 unspecified atom stereocenters. The van der Waals surface area contributed by atoms with E-state index in [1.807, 2.05) is 24.4 Å². The molecule has 0 N–H and O–H groups in total. The Morgan fingerprint density at radius 3 is 3.00 bits per heavy atom. The summed E-state index contributed by atoms with van der Waals surface area (Å²) in [5.41, 5.74) is 1.30. The van der Waals surface area contributed by atoms with Crippen LogP contribution in [0.1, 0.15) is 18.2 Å². The van der Waals surface area contributed by atoms with Crippen molar-refractivity contribution in [1.82, 2.24) is 4.98 Å². The maximum absolute atomic E-state index is 5.28. The summed E-state index contributed by atoms with van der Waals surface area (Å²) in [4.78, 5) is 4.37. The van der Waals surface area contributed by atoms with E-state index < -0.39 is 0 Å². The third kappa shape index (κ3) is 2.63. The number of nitrogens with zero attached hydrogens (tertiary/aromatic N) is 1. The highest BCUT2D eigenvalue weighted by molar-refractivity contribution is 7.98. The molecule has 0 fully saturated rings. The van der Waals surface area contributed by atoms with Crippen LogP contribution in [0.2, 0.25) is 0 Å². The molecule has 0 aliphatic rings. The first kappa shape index (κ1) is 10.3. The predicted octanol–water partition coefficient (Wildman–Crippen LogP) is 3.53. The molecule has 0 aliphatic carbocycles. The first-order valence-corrected chi connectivity index (χ1v) is 5.97. The van der Waals surface area contributed by atoms with Crippen LogP contribution in [0.5, 0.6) is 0 Å². The highest BCUT2D eigenvalue weighted by Crippen LogP contribution is 2.24. The van der Waals surface area contributed by atoms with E-state index in [2.05, 4.69) is 18.0 Å². The number of pyridine rings is 1. The third-order valence-corrected chi connectivity index (χ3v) is 3.23. The molecular formula is C12H13NOS. The average Bonchev–Trinajstić information content (AvgIpc) is 2.79. The Bertz CT molecular complexity index is 411. The van der Waals surface area contributed by atoms with Crippen molar-refractivity contribution in [2.75, 3.05) is 0 Å². The van der Waals surface area contributed by atoms with Gasteiger partial charge in [-0.2, -0.15) is 0 Å². The highest BCUT2D eigenvalue weighted by atomic mass is 32.2. The molecule has 0 amide bonds. The van der Waals surface area contributed by atoms with E-state index in [-0.39, 0.29) is 0 Å². The molecule has 0 spiro atoms. The second-order valence-electron chi connectivity index (χ2n) is 3.19. The lowest BCUT2D eigenvalue weighted by atomic mass is 10.2. The van der Waals surface area contributed by atoms with E-state index in [1.54, 1.807) is 18.0 Å². The molecule has 0 bridgehead atoms. The van der Waals surface area contributed by atoms with Crippen LogP contribution in [-0.4, -0.2) is 4.98 Å². The molecule has 0 saturated heterocycles. The van der Waals surface area contributed by atoms with Gasteiger partial charge in [-0.05, 0) is 30.2 Å². The molecule has 0 saturated carbocycles. The number of furan rings is 1. The molecule has 15 heavy (non-hydrogen) atoms. The zero-order chi connectivity index (χ0) is 10.5. The Morgan fingerprint density at radius 2 is 2.27 bits per heavy atom. The van der Waals surface area contributed by atoms with Crippen LogP contribution >= 0.6 is 11.8 Å². The minimum Gasteiger partial charge on any atom is -0.468 e. The summed E-state index contributed by atoms with van der Waals surface area (Å²) in [5, 5.41) is 1.11. The summed E-state index contributed by atoms with van der Waals surface area (Å²) in [7, 11) is 0. The van der Waals surface area contributed by atoms with E-state index >= 15 is 0 Å². The Morgan fingerprint density at radius 1 is 1.33 bits per heavy atom. The summed E-state index contributed by atoms with van der Waals surface area (Å²) >= 11 is 1.72. The number of hydrogen-bond acceptors (Lipinski definition) is 3. The second-order valence-corrected chi connectivity index (χ2v) is 4.15. The van der Waals surface area contributed by atoms with Crippen molar-refractivity contribution in [2.24, 2.45) is 0 Å². The van der Waals surface area contributed by atoms with E-state index in [1.165, 1.54) is 5.56 Å². The van der Waals surface area contributed by atoms with Crippen molar-refractivity contribution in [3.05, 3.63) is 48.0 Å². The fraction of sp³-hybridized carbons (Fsp3) is 0.250. The number of rotatable bonds is 4. The third-order valence-electron chi connectivity index (χ3n) is 2.16. The Hall–Kier alpha value is -1.22. The molecule has 2 aromatic rings. The van der Waals surface area contributed by atoms with E-state index in [4.69, 9.17) is 4.42 Å². The number of hydrogen-bond donors (Lipinski definition) is 0. The van der Waals surface area contributed by atoms with Crippen LogP contribution < -0.4 is 0 Å². The van der Waals surface area contributed by atoms with Gasteiger partial charge in [0.15, 0.2) is 0 Å². The lowest BCUT2D eigenvalue weighted by molar-refractivity contribution is 0.530. The summed E-state index contributed by atoms with van der Waals surface area (Å²) < 4.78 is 5.28. The molecule has 0 radical (unpaired) electrons. The van der Waals surface area contributed by atoms with Crippen LogP contribution in [0.25, 0.3) is 0 Å². The second kappa shape index (κ2) is 5.03. The normalized spacial score (nSPS) is 10.5. The summed E-state index contributed by atoms with van der Waals surface area (Å²) in [6, 6.07) is 8.00. The van der Waals surface area contributed by atoms with Gasteiger partial charge in [-0.25, -0.2) is 4.98 Å². The van der Waals surface area contributed by atoms with E-state index in [0.29, 0.717) is 0 Å². The lowest BCUT2D eigenvalue weighted by Gasteiger charge is -2.04. The molecule has 2 aromatic heterocycles. The zero-order valence-corrected chi connectivity index (χ0v) is 9.46. The first-order valence-electron chi connectivity index (χ1n) is 4.99. The molecule has 0 atom stereocenters. The van der Waals surface area contributed by atoms with Gasteiger partial charge in [-0.1, -0.05) is 24.8 Å². The molecule has 2 heterocycles. The Kier molecular flexibility index (Phi) is 3.45. The summed E-state index contributed by atoms with van der Waals surface area (Å²) in [5.74, 6) is 1.84. The largest absolute Gasteiger partial charge is 0.468 e. The summed E-state index contributed by atoms with van der Waals surface area (Å²) in [6.07, 6.45) is 4.56. The van der Waals surface area contributed by atoms with Crippen LogP contribution in [0.3, 0.4) is 0 Å². The fourth-order valence-corrected chi connectivity index (χ4v) is 2.33. The predicted molar refractivity (Wildman–Crippen MR) is 61.9 cm³/mol. The molecule has 0 aliphatic heterocycles. The number of thioether (sulfide) groups is 1. The van der Waals surface area contributed by atoms with Crippen molar-refractivity contribution in [1.29, 1.82) is 0 Å².